The average molecular weight is 340 g/mol. The van der Waals surface area contributed by atoms with Crippen LogP contribution >= 0.6 is 27.5 Å². The van der Waals surface area contributed by atoms with Gasteiger partial charge >= 0.3 is 0 Å². The molecule has 0 saturated heterocycles. The van der Waals surface area contributed by atoms with Crippen molar-refractivity contribution in [1.82, 2.24) is 0 Å². The van der Waals surface area contributed by atoms with E-state index in [1.807, 2.05) is 36.4 Å². The predicted molar refractivity (Wildman–Crippen MR) is 83.6 cm³/mol. The first kappa shape index (κ1) is 14.6. The molecule has 0 bridgehead atoms. The number of hydrogen-bond donors (Lipinski definition) is 1. The fourth-order valence-electron chi connectivity index (χ4n) is 2.10. The first-order valence-corrected chi connectivity index (χ1v) is 7.39. The van der Waals surface area contributed by atoms with E-state index in [2.05, 4.69) is 22.9 Å². The van der Waals surface area contributed by atoms with Crippen molar-refractivity contribution >= 4 is 27.5 Å². The molecule has 3 heteroatoms. The molecule has 0 aliphatic carbocycles. The Morgan fingerprint density at radius 3 is 2.32 bits per heavy atom. The van der Waals surface area contributed by atoms with Crippen LogP contribution in [0.5, 0.6) is 0 Å². The van der Waals surface area contributed by atoms with Gasteiger partial charge in [0.2, 0.25) is 0 Å². The van der Waals surface area contributed by atoms with Crippen molar-refractivity contribution in [3.63, 3.8) is 0 Å². The molecule has 0 aliphatic rings. The van der Waals surface area contributed by atoms with Crippen LogP contribution in [0.25, 0.3) is 0 Å². The summed E-state index contributed by atoms with van der Waals surface area (Å²) in [5.74, 6) is 0. The second-order valence-corrected chi connectivity index (χ2v) is 6.07. The van der Waals surface area contributed by atoms with Gasteiger partial charge in [-0.15, -0.1) is 0 Å². The standard InChI is InChI=1S/C16H16BrClO/c1-3-11-4-6-12(7-5-11)16(2,19)14-9-8-13(17)10-15(14)18/h4-10,19H,3H2,1-2H3. The topological polar surface area (TPSA) is 20.2 Å². The van der Waals surface area contributed by atoms with Gasteiger partial charge in [-0.05, 0) is 36.6 Å². The number of benzene rings is 2. The van der Waals surface area contributed by atoms with Crippen LogP contribution in [0.2, 0.25) is 5.02 Å². The molecular formula is C16H16BrClO. The van der Waals surface area contributed by atoms with Crippen molar-refractivity contribution in [2.75, 3.05) is 0 Å². The molecule has 1 unspecified atom stereocenters. The van der Waals surface area contributed by atoms with Gasteiger partial charge in [0.05, 0.1) is 0 Å². The molecule has 0 radical (unpaired) electrons. The Labute approximate surface area is 127 Å². The van der Waals surface area contributed by atoms with Crippen LogP contribution in [0.1, 0.15) is 30.5 Å². The Morgan fingerprint density at radius 1 is 1.16 bits per heavy atom. The molecular weight excluding hydrogens is 324 g/mol. The summed E-state index contributed by atoms with van der Waals surface area (Å²) in [7, 11) is 0. The van der Waals surface area contributed by atoms with Crippen LogP contribution in [-0.4, -0.2) is 5.11 Å². The fourth-order valence-corrected chi connectivity index (χ4v) is 2.96. The van der Waals surface area contributed by atoms with Crippen LogP contribution < -0.4 is 0 Å². The second-order valence-electron chi connectivity index (χ2n) is 4.75. The Hall–Kier alpha value is -0.830. The van der Waals surface area contributed by atoms with Crippen molar-refractivity contribution in [2.45, 2.75) is 25.9 Å². The van der Waals surface area contributed by atoms with E-state index in [1.165, 1.54) is 5.56 Å². The molecule has 1 nitrogen and oxygen atoms in total. The van der Waals surface area contributed by atoms with Crippen LogP contribution in [0, 0.1) is 0 Å². The molecule has 100 valence electrons. The maximum Gasteiger partial charge on any atom is 0.113 e. The minimum Gasteiger partial charge on any atom is -0.381 e. The monoisotopic (exact) mass is 338 g/mol. The minimum atomic E-state index is -1.09. The van der Waals surface area contributed by atoms with Gasteiger partial charge in [-0.1, -0.05) is 64.8 Å². The number of halogens is 2. The quantitative estimate of drug-likeness (QED) is 0.841. The number of hydrogen-bond acceptors (Lipinski definition) is 1. The molecule has 1 N–H and O–H groups in total. The molecule has 0 amide bonds. The van der Waals surface area contributed by atoms with E-state index in [0.29, 0.717) is 10.6 Å². The van der Waals surface area contributed by atoms with Crippen LogP contribution in [-0.2, 0) is 12.0 Å². The van der Waals surface area contributed by atoms with Crippen molar-refractivity contribution < 1.29 is 5.11 Å². The van der Waals surface area contributed by atoms with Gasteiger partial charge < -0.3 is 5.11 Å². The lowest BCUT2D eigenvalue weighted by molar-refractivity contribution is 0.102. The van der Waals surface area contributed by atoms with Crippen LogP contribution in [0.3, 0.4) is 0 Å². The highest BCUT2D eigenvalue weighted by atomic mass is 79.9. The molecule has 19 heavy (non-hydrogen) atoms. The number of aliphatic hydroxyl groups is 1. The predicted octanol–water partition coefficient (Wildman–Crippen LogP) is 4.92. The lowest BCUT2D eigenvalue weighted by atomic mass is 9.87. The maximum atomic E-state index is 10.8. The SMILES string of the molecule is CCc1ccc(C(C)(O)c2ccc(Br)cc2Cl)cc1. The van der Waals surface area contributed by atoms with E-state index < -0.39 is 5.60 Å². The second kappa shape index (κ2) is 5.66. The summed E-state index contributed by atoms with van der Waals surface area (Å²) in [6, 6.07) is 13.5. The van der Waals surface area contributed by atoms with Crippen molar-refractivity contribution in [1.29, 1.82) is 0 Å². The minimum absolute atomic E-state index is 0.555. The molecule has 0 heterocycles. The molecule has 1 atom stereocenters. The van der Waals surface area contributed by atoms with E-state index in [0.717, 1.165) is 16.5 Å². The maximum absolute atomic E-state index is 10.8. The zero-order valence-electron chi connectivity index (χ0n) is 11.0. The summed E-state index contributed by atoms with van der Waals surface area (Å²) in [6.45, 7) is 3.88. The molecule has 0 saturated carbocycles. The lowest BCUT2D eigenvalue weighted by Gasteiger charge is -2.26. The van der Waals surface area contributed by atoms with Crippen LogP contribution in [0.15, 0.2) is 46.9 Å². The Bertz CT molecular complexity index is 576. The molecule has 0 spiro atoms. The third-order valence-corrected chi connectivity index (χ3v) is 4.19. The summed E-state index contributed by atoms with van der Waals surface area (Å²) < 4.78 is 0.901. The Kier molecular flexibility index (Phi) is 4.34. The van der Waals surface area contributed by atoms with Crippen molar-refractivity contribution in [2.24, 2.45) is 0 Å². The van der Waals surface area contributed by atoms with Gasteiger partial charge in [-0.3, -0.25) is 0 Å². The van der Waals surface area contributed by atoms with Gasteiger partial charge in [0, 0.05) is 15.1 Å². The molecule has 0 aromatic heterocycles. The Morgan fingerprint density at radius 2 is 1.79 bits per heavy atom. The van der Waals surface area contributed by atoms with Gasteiger partial charge in [0.1, 0.15) is 5.60 Å². The Balaban J connectivity index is 2.45. The van der Waals surface area contributed by atoms with Crippen LogP contribution in [0.4, 0.5) is 0 Å². The summed E-state index contributed by atoms with van der Waals surface area (Å²) in [4.78, 5) is 0. The molecule has 0 aliphatic heterocycles. The normalized spacial score (nSPS) is 14.2. The lowest BCUT2D eigenvalue weighted by Crippen LogP contribution is -2.23. The molecule has 2 aromatic carbocycles. The highest BCUT2D eigenvalue weighted by Gasteiger charge is 2.27. The van der Waals surface area contributed by atoms with E-state index in [1.54, 1.807) is 13.0 Å². The molecule has 0 fully saturated rings. The van der Waals surface area contributed by atoms with Gasteiger partial charge in [-0.2, -0.15) is 0 Å². The number of rotatable bonds is 3. The van der Waals surface area contributed by atoms with Crippen molar-refractivity contribution in [3.8, 4) is 0 Å². The largest absolute Gasteiger partial charge is 0.381 e. The van der Waals surface area contributed by atoms with Gasteiger partial charge in [0.15, 0.2) is 0 Å². The first-order chi connectivity index (χ1) is 8.95. The van der Waals surface area contributed by atoms with Gasteiger partial charge in [0.25, 0.3) is 0 Å². The first-order valence-electron chi connectivity index (χ1n) is 6.22. The highest BCUT2D eigenvalue weighted by molar-refractivity contribution is 9.10. The van der Waals surface area contributed by atoms with E-state index >= 15 is 0 Å². The van der Waals surface area contributed by atoms with Gasteiger partial charge in [-0.25, -0.2) is 0 Å². The zero-order valence-corrected chi connectivity index (χ0v) is 13.3. The van der Waals surface area contributed by atoms with E-state index in [9.17, 15) is 5.11 Å². The fraction of sp³-hybridized carbons (Fsp3) is 0.250. The van der Waals surface area contributed by atoms with E-state index in [-0.39, 0.29) is 0 Å². The third kappa shape index (κ3) is 3.02. The smallest absolute Gasteiger partial charge is 0.113 e. The third-order valence-electron chi connectivity index (χ3n) is 3.38. The summed E-state index contributed by atoms with van der Waals surface area (Å²) in [5.41, 5.74) is 1.71. The highest BCUT2D eigenvalue weighted by Crippen LogP contribution is 2.35. The molecule has 2 aromatic rings. The van der Waals surface area contributed by atoms with Crippen molar-refractivity contribution in [3.05, 3.63) is 68.7 Å². The molecule has 2 rings (SSSR count). The summed E-state index contributed by atoms with van der Waals surface area (Å²) >= 11 is 9.60. The summed E-state index contributed by atoms with van der Waals surface area (Å²) in [6.07, 6.45) is 0.988. The summed E-state index contributed by atoms with van der Waals surface area (Å²) in [5, 5.41) is 11.3. The number of aryl methyl sites for hydroxylation is 1. The zero-order chi connectivity index (χ0) is 14.0. The van der Waals surface area contributed by atoms with E-state index in [4.69, 9.17) is 11.6 Å². The average Bonchev–Trinajstić information content (AvgIpc) is 2.38.